The lowest BCUT2D eigenvalue weighted by Crippen LogP contribution is -2.06. The maximum atomic E-state index is 10.3. The van der Waals surface area contributed by atoms with E-state index in [0.717, 1.165) is 0 Å². The van der Waals surface area contributed by atoms with Crippen molar-refractivity contribution in [2.75, 3.05) is 0 Å². The highest BCUT2D eigenvalue weighted by Gasteiger charge is 2.22. The number of aryl methyl sites for hydroxylation is 1. The van der Waals surface area contributed by atoms with Crippen molar-refractivity contribution in [1.82, 2.24) is 14.1 Å². The number of aliphatic hydroxyl groups is 1. The van der Waals surface area contributed by atoms with Gasteiger partial charge in [0.05, 0.1) is 24.2 Å². The summed E-state index contributed by atoms with van der Waals surface area (Å²) >= 11 is 0. The van der Waals surface area contributed by atoms with Crippen LogP contribution in [0.2, 0.25) is 0 Å². The molecule has 0 aliphatic carbocycles. The Morgan fingerprint density at radius 2 is 1.75 bits per heavy atom. The Morgan fingerprint density at radius 1 is 1.00 bits per heavy atom. The van der Waals surface area contributed by atoms with E-state index in [4.69, 9.17) is 0 Å². The number of hydrogen-bond acceptors (Lipinski definition) is 5. The molecule has 2 heterocycles. The van der Waals surface area contributed by atoms with Crippen LogP contribution < -0.4 is 0 Å². The smallest absolute Gasteiger partial charge is 0.235 e. The molecular formula is C17H19N3O4. The molecule has 0 aliphatic heterocycles. The third-order valence-electron chi connectivity index (χ3n) is 3.98. The van der Waals surface area contributed by atoms with Crippen molar-refractivity contribution in [3.63, 3.8) is 0 Å². The van der Waals surface area contributed by atoms with Crippen molar-refractivity contribution in [2.45, 2.75) is 26.1 Å². The van der Waals surface area contributed by atoms with E-state index in [1.165, 1.54) is 16.7 Å². The van der Waals surface area contributed by atoms with Crippen molar-refractivity contribution in [3.05, 3.63) is 48.7 Å². The van der Waals surface area contributed by atoms with E-state index in [-0.39, 0.29) is 24.0 Å². The first-order valence-corrected chi connectivity index (χ1v) is 7.61. The third-order valence-corrected chi connectivity index (χ3v) is 3.98. The van der Waals surface area contributed by atoms with Crippen LogP contribution in [0.5, 0.6) is 17.4 Å². The molecule has 126 valence electrons. The first kappa shape index (κ1) is 15.9. The van der Waals surface area contributed by atoms with Crippen LogP contribution in [0.4, 0.5) is 0 Å². The fourth-order valence-corrected chi connectivity index (χ4v) is 2.81. The SMILES string of the molecule is OCc1c(-c2ccc(O)cc2)c(O)c(O)n1CCCn1ccnc1. The molecule has 2 aromatic heterocycles. The summed E-state index contributed by atoms with van der Waals surface area (Å²) in [5, 5.41) is 39.6. The number of imidazole rings is 1. The maximum Gasteiger partial charge on any atom is 0.235 e. The van der Waals surface area contributed by atoms with Gasteiger partial charge in [0.25, 0.3) is 0 Å². The van der Waals surface area contributed by atoms with Crippen LogP contribution in [-0.2, 0) is 19.7 Å². The van der Waals surface area contributed by atoms with Gasteiger partial charge < -0.3 is 29.6 Å². The van der Waals surface area contributed by atoms with Gasteiger partial charge in [-0.15, -0.1) is 0 Å². The second kappa shape index (κ2) is 6.67. The minimum Gasteiger partial charge on any atom is -0.508 e. The Morgan fingerprint density at radius 3 is 2.38 bits per heavy atom. The van der Waals surface area contributed by atoms with Gasteiger partial charge in [0.2, 0.25) is 5.88 Å². The van der Waals surface area contributed by atoms with Crippen molar-refractivity contribution in [3.8, 4) is 28.5 Å². The minimum absolute atomic E-state index is 0.104. The van der Waals surface area contributed by atoms with E-state index in [9.17, 15) is 20.4 Å². The highest BCUT2D eigenvalue weighted by atomic mass is 16.3. The minimum atomic E-state index is -0.324. The van der Waals surface area contributed by atoms with Gasteiger partial charge in [-0.1, -0.05) is 12.1 Å². The summed E-state index contributed by atoms with van der Waals surface area (Å²) < 4.78 is 3.42. The van der Waals surface area contributed by atoms with Gasteiger partial charge in [0.15, 0.2) is 5.75 Å². The lowest BCUT2D eigenvalue weighted by Gasteiger charge is -2.10. The van der Waals surface area contributed by atoms with Crippen molar-refractivity contribution in [2.24, 2.45) is 0 Å². The summed E-state index contributed by atoms with van der Waals surface area (Å²) in [6.07, 6.45) is 5.95. The summed E-state index contributed by atoms with van der Waals surface area (Å²) in [4.78, 5) is 3.97. The van der Waals surface area contributed by atoms with Gasteiger partial charge in [0, 0.05) is 25.5 Å². The van der Waals surface area contributed by atoms with E-state index in [2.05, 4.69) is 4.98 Å². The van der Waals surface area contributed by atoms with Crippen LogP contribution in [0.3, 0.4) is 0 Å². The lowest BCUT2D eigenvalue weighted by molar-refractivity contribution is 0.266. The van der Waals surface area contributed by atoms with Gasteiger partial charge in [-0.05, 0) is 24.1 Å². The zero-order valence-electron chi connectivity index (χ0n) is 13.0. The normalized spacial score (nSPS) is 11.0. The average Bonchev–Trinajstić information content (AvgIpc) is 3.18. The summed E-state index contributed by atoms with van der Waals surface area (Å²) in [7, 11) is 0. The summed E-state index contributed by atoms with van der Waals surface area (Å²) in [5.74, 6) is -0.437. The zero-order chi connectivity index (χ0) is 17.1. The van der Waals surface area contributed by atoms with E-state index >= 15 is 0 Å². The predicted octanol–water partition coefficient (Wildman–Crippen LogP) is 2.05. The average molecular weight is 329 g/mol. The Bertz CT molecular complexity index is 807. The number of rotatable bonds is 6. The number of aliphatic hydroxyl groups excluding tert-OH is 1. The van der Waals surface area contributed by atoms with Gasteiger partial charge >= 0.3 is 0 Å². The molecule has 3 aromatic rings. The van der Waals surface area contributed by atoms with Crippen LogP contribution in [0, 0.1) is 0 Å². The Hall–Kier alpha value is -2.93. The number of benzene rings is 1. The van der Waals surface area contributed by atoms with E-state index < -0.39 is 0 Å². The van der Waals surface area contributed by atoms with Gasteiger partial charge in [0.1, 0.15) is 5.75 Å². The summed E-state index contributed by atoms with van der Waals surface area (Å²) in [5.41, 5.74) is 1.41. The summed E-state index contributed by atoms with van der Waals surface area (Å²) in [6.45, 7) is 0.818. The zero-order valence-corrected chi connectivity index (χ0v) is 13.0. The highest BCUT2D eigenvalue weighted by molar-refractivity contribution is 5.76. The fraction of sp³-hybridized carbons (Fsp3) is 0.235. The van der Waals surface area contributed by atoms with Crippen LogP contribution in [0.25, 0.3) is 11.1 Å². The number of nitrogens with zero attached hydrogens (tertiary/aromatic N) is 3. The molecular weight excluding hydrogens is 310 g/mol. The molecule has 0 amide bonds. The van der Waals surface area contributed by atoms with Crippen LogP contribution in [0.15, 0.2) is 43.0 Å². The summed E-state index contributed by atoms with van der Waals surface area (Å²) in [6, 6.07) is 6.23. The first-order valence-electron chi connectivity index (χ1n) is 7.61. The maximum absolute atomic E-state index is 10.3. The number of aromatic hydroxyl groups is 3. The number of phenolic OH excluding ortho intramolecular Hbond substituents is 1. The molecule has 0 atom stereocenters. The molecule has 0 fully saturated rings. The molecule has 7 nitrogen and oxygen atoms in total. The second-order valence-electron chi connectivity index (χ2n) is 5.50. The molecule has 0 aliphatic rings. The Labute approximate surface area is 138 Å². The topological polar surface area (TPSA) is 104 Å². The van der Waals surface area contributed by atoms with Crippen LogP contribution in [-0.4, -0.2) is 34.5 Å². The number of phenols is 1. The van der Waals surface area contributed by atoms with Gasteiger partial charge in [-0.3, -0.25) is 0 Å². The molecule has 0 saturated heterocycles. The number of aromatic nitrogens is 3. The fourth-order valence-electron chi connectivity index (χ4n) is 2.81. The monoisotopic (exact) mass is 329 g/mol. The Balaban J connectivity index is 1.89. The third kappa shape index (κ3) is 2.93. The van der Waals surface area contributed by atoms with E-state index in [0.29, 0.717) is 36.3 Å². The molecule has 0 spiro atoms. The molecule has 0 radical (unpaired) electrons. The van der Waals surface area contributed by atoms with Crippen LogP contribution >= 0.6 is 0 Å². The Kier molecular flexibility index (Phi) is 4.43. The quantitative estimate of drug-likeness (QED) is 0.554. The molecule has 24 heavy (non-hydrogen) atoms. The molecule has 3 rings (SSSR count). The van der Waals surface area contributed by atoms with Crippen LogP contribution in [0.1, 0.15) is 12.1 Å². The largest absolute Gasteiger partial charge is 0.508 e. The molecule has 7 heteroatoms. The standard InChI is InChI=1S/C17H19N3O4/c21-10-14-15(12-2-4-13(22)5-3-12)16(23)17(24)20(14)8-1-7-19-9-6-18-11-19/h2-6,9,11,21-24H,1,7-8,10H2. The van der Waals surface area contributed by atoms with Crippen molar-refractivity contribution < 1.29 is 20.4 Å². The number of hydrogen-bond donors (Lipinski definition) is 4. The second-order valence-corrected chi connectivity index (χ2v) is 5.50. The van der Waals surface area contributed by atoms with Gasteiger partial charge in [-0.25, -0.2) is 4.98 Å². The molecule has 0 unspecified atom stereocenters. The molecule has 0 saturated carbocycles. The van der Waals surface area contributed by atoms with E-state index in [1.807, 2.05) is 10.8 Å². The predicted molar refractivity (Wildman–Crippen MR) is 87.6 cm³/mol. The van der Waals surface area contributed by atoms with Crippen molar-refractivity contribution >= 4 is 0 Å². The molecule has 1 aromatic carbocycles. The lowest BCUT2D eigenvalue weighted by atomic mass is 10.1. The first-order chi connectivity index (χ1) is 11.6. The molecule has 4 N–H and O–H groups in total. The van der Waals surface area contributed by atoms with Crippen molar-refractivity contribution in [1.29, 1.82) is 0 Å². The van der Waals surface area contributed by atoms with E-state index in [1.54, 1.807) is 24.7 Å². The molecule has 0 bridgehead atoms. The highest BCUT2D eigenvalue weighted by Crippen LogP contribution is 2.42. The van der Waals surface area contributed by atoms with Gasteiger partial charge in [-0.2, -0.15) is 0 Å².